The van der Waals surface area contributed by atoms with Gasteiger partial charge in [0.05, 0.1) is 11.7 Å². The van der Waals surface area contributed by atoms with Gasteiger partial charge in [-0.05, 0) is 49.1 Å². The van der Waals surface area contributed by atoms with Crippen LogP contribution in [0.15, 0.2) is 48.7 Å². The maximum absolute atomic E-state index is 12.8. The maximum Gasteiger partial charge on any atom is 0.238 e. The van der Waals surface area contributed by atoms with Gasteiger partial charge in [0, 0.05) is 12.7 Å². The van der Waals surface area contributed by atoms with E-state index in [-0.39, 0.29) is 23.8 Å². The average molecular weight is 328 g/mol. The summed E-state index contributed by atoms with van der Waals surface area (Å²) < 4.78 is 12.8. The van der Waals surface area contributed by atoms with Crippen LogP contribution in [0, 0.1) is 5.82 Å². The number of halogens is 1. The number of hydrogen-bond donors (Lipinski definition) is 3. The maximum atomic E-state index is 12.8. The Labute approximate surface area is 140 Å². The third-order valence-corrected chi connectivity index (χ3v) is 4.12. The van der Waals surface area contributed by atoms with E-state index in [1.807, 2.05) is 18.2 Å². The number of nitrogens with zero attached hydrogens (tertiary/aromatic N) is 1. The lowest BCUT2D eigenvalue weighted by atomic mass is 10.1. The molecule has 24 heavy (non-hydrogen) atoms. The molecule has 126 valence electrons. The first-order chi connectivity index (χ1) is 11.7. The molecule has 1 saturated heterocycles. The Kier molecular flexibility index (Phi) is 5.51. The van der Waals surface area contributed by atoms with Crippen LogP contribution < -0.4 is 16.2 Å². The predicted octanol–water partition coefficient (Wildman–Crippen LogP) is 1.88. The molecule has 1 fully saturated rings. The van der Waals surface area contributed by atoms with Crippen molar-refractivity contribution in [1.82, 2.24) is 21.2 Å². The first-order valence-electron chi connectivity index (χ1n) is 8.16. The second kappa shape index (κ2) is 7.99. The van der Waals surface area contributed by atoms with Crippen molar-refractivity contribution in [2.45, 2.75) is 31.3 Å². The highest BCUT2D eigenvalue weighted by molar-refractivity contribution is 5.82. The summed E-state index contributed by atoms with van der Waals surface area (Å²) in [5.74, 6) is -0.241. The number of benzene rings is 1. The molecule has 6 heteroatoms. The van der Waals surface area contributed by atoms with Gasteiger partial charge < -0.3 is 5.32 Å². The molecule has 1 amide bonds. The molecule has 0 bridgehead atoms. The van der Waals surface area contributed by atoms with Crippen LogP contribution in [0.2, 0.25) is 0 Å². The van der Waals surface area contributed by atoms with Crippen LogP contribution in [-0.2, 0) is 11.2 Å². The zero-order chi connectivity index (χ0) is 16.8. The van der Waals surface area contributed by atoms with E-state index in [0.29, 0.717) is 13.0 Å². The number of rotatable bonds is 6. The van der Waals surface area contributed by atoms with Gasteiger partial charge in [-0.3, -0.25) is 9.78 Å². The van der Waals surface area contributed by atoms with E-state index < -0.39 is 0 Å². The van der Waals surface area contributed by atoms with E-state index in [1.165, 1.54) is 12.1 Å². The molecule has 1 aromatic carbocycles. The number of hydrazine groups is 1. The van der Waals surface area contributed by atoms with Gasteiger partial charge in [0.1, 0.15) is 11.9 Å². The van der Waals surface area contributed by atoms with Crippen LogP contribution in [0.1, 0.15) is 30.1 Å². The van der Waals surface area contributed by atoms with Crippen LogP contribution in [0.3, 0.4) is 0 Å². The van der Waals surface area contributed by atoms with Crippen LogP contribution in [0.5, 0.6) is 0 Å². The quantitative estimate of drug-likeness (QED) is 0.709. The molecule has 5 nitrogen and oxygen atoms in total. The third kappa shape index (κ3) is 4.37. The fourth-order valence-electron chi connectivity index (χ4n) is 2.78. The number of aromatic nitrogens is 1. The lowest BCUT2D eigenvalue weighted by molar-refractivity contribution is -0.122. The van der Waals surface area contributed by atoms with Crippen molar-refractivity contribution in [2.75, 3.05) is 6.54 Å². The Bertz CT molecular complexity index is 662. The van der Waals surface area contributed by atoms with E-state index in [9.17, 15) is 9.18 Å². The number of amides is 1. The molecule has 1 aliphatic heterocycles. The highest BCUT2D eigenvalue weighted by Gasteiger charge is 2.30. The van der Waals surface area contributed by atoms with Crippen molar-refractivity contribution in [1.29, 1.82) is 0 Å². The summed E-state index contributed by atoms with van der Waals surface area (Å²) in [7, 11) is 0. The number of hydrogen-bond acceptors (Lipinski definition) is 4. The van der Waals surface area contributed by atoms with E-state index in [2.05, 4.69) is 21.2 Å². The number of carbonyl (C=O) groups is 1. The summed E-state index contributed by atoms with van der Waals surface area (Å²) in [6.45, 7) is 0.600. The fraction of sp³-hybridized carbons (Fsp3) is 0.333. The lowest BCUT2D eigenvalue weighted by Crippen LogP contribution is -2.43. The van der Waals surface area contributed by atoms with Gasteiger partial charge in [-0.2, -0.15) is 0 Å². The van der Waals surface area contributed by atoms with Gasteiger partial charge in [-0.1, -0.05) is 18.2 Å². The van der Waals surface area contributed by atoms with E-state index in [1.54, 1.807) is 18.3 Å². The van der Waals surface area contributed by atoms with Crippen LogP contribution >= 0.6 is 0 Å². The second-order valence-corrected chi connectivity index (χ2v) is 5.91. The first kappa shape index (κ1) is 16.5. The van der Waals surface area contributed by atoms with Crippen molar-refractivity contribution in [3.63, 3.8) is 0 Å². The van der Waals surface area contributed by atoms with Gasteiger partial charge in [-0.25, -0.2) is 15.2 Å². The number of nitrogens with one attached hydrogen (secondary N) is 3. The molecule has 2 unspecified atom stereocenters. The second-order valence-electron chi connectivity index (χ2n) is 5.91. The number of aryl methyl sites for hydroxylation is 1. The minimum absolute atomic E-state index is 0.0139. The molecule has 2 atom stereocenters. The van der Waals surface area contributed by atoms with Gasteiger partial charge >= 0.3 is 0 Å². The molecular formula is C18H21FN4O. The van der Waals surface area contributed by atoms with Crippen molar-refractivity contribution in [2.24, 2.45) is 0 Å². The molecule has 1 aromatic heterocycles. The van der Waals surface area contributed by atoms with Gasteiger partial charge in [0.15, 0.2) is 0 Å². The normalized spacial score (nSPS) is 20.0. The third-order valence-electron chi connectivity index (χ3n) is 4.12. The zero-order valence-electron chi connectivity index (χ0n) is 13.3. The zero-order valence-corrected chi connectivity index (χ0v) is 13.3. The monoisotopic (exact) mass is 328 g/mol. The summed E-state index contributed by atoms with van der Waals surface area (Å²) in [6, 6.07) is 12.0. The van der Waals surface area contributed by atoms with E-state index in [0.717, 1.165) is 24.1 Å². The van der Waals surface area contributed by atoms with Crippen LogP contribution in [0.4, 0.5) is 4.39 Å². The van der Waals surface area contributed by atoms with Crippen molar-refractivity contribution in [3.8, 4) is 0 Å². The smallest absolute Gasteiger partial charge is 0.238 e. The summed E-state index contributed by atoms with van der Waals surface area (Å²) in [5.41, 5.74) is 8.14. The Hall–Kier alpha value is -2.31. The molecule has 3 rings (SSSR count). The molecule has 2 heterocycles. The molecule has 3 N–H and O–H groups in total. The van der Waals surface area contributed by atoms with E-state index in [4.69, 9.17) is 0 Å². The summed E-state index contributed by atoms with van der Waals surface area (Å²) in [6.07, 6.45) is 4.05. The minimum Gasteiger partial charge on any atom is -0.355 e. The lowest BCUT2D eigenvalue weighted by Gasteiger charge is -2.10. The van der Waals surface area contributed by atoms with Crippen molar-refractivity contribution in [3.05, 3.63) is 65.7 Å². The molecule has 1 aliphatic rings. The Morgan fingerprint density at radius 2 is 2.04 bits per heavy atom. The molecule has 2 aromatic rings. The Balaban J connectivity index is 1.39. The molecule has 0 aliphatic carbocycles. The molecular weight excluding hydrogens is 307 g/mol. The van der Waals surface area contributed by atoms with Gasteiger partial charge in [0.25, 0.3) is 0 Å². The Morgan fingerprint density at radius 1 is 1.21 bits per heavy atom. The van der Waals surface area contributed by atoms with Gasteiger partial charge in [0.2, 0.25) is 5.91 Å². The summed E-state index contributed by atoms with van der Waals surface area (Å²) in [5, 5.41) is 2.94. The molecule has 0 spiro atoms. The average Bonchev–Trinajstić information content (AvgIpc) is 3.11. The van der Waals surface area contributed by atoms with E-state index >= 15 is 0 Å². The highest BCUT2D eigenvalue weighted by atomic mass is 19.1. The summed E-state index contributed by atoms with van der Waals surface area (Å²) in [4.78, 5) is 16.5. The SMILES string of the molecule is O=C(NCCCc1ccc(F)cc1)C1CC(c2ccccn2)NN1. The highest BCUT2D eigenvalue weighted by Crippen LogP contribution is 2.19. The molecule has 0 radical (unpaired) electrons. The van der Waals surface area contributed by atoms with Crippen molar-refractivity contribution >= 4 is 5.91 Å². The topological polar surface area (TPSA) is 66.0 Å². The minimum atomic E-state index is -0.261. The van der Waals surface area contributed by atoms with Crippen LogP contribution in [0.25, 0.3) is 0 Å². The first-order valence-corrected chi connectivity index (χ1v) is 8.16. The fourth-order valence-corrected chi connectivity index (χ4v) is 2.78. The number of pyridine rings is 1. The van der Waals surface area contributed by atoms with Crippen molar-refractivity contribution < 1.29 is 9.18 Å². The predicted molar refractivity (Wildman–Crippen MR) is 89.4 cm³/mol. The standard InChI is InChI=1S/C18H21FN4O/c19-14-8-6-13(7-9-14)4-3-11-21-18(24)17-12-16(22-23-17)15-5-1-2-10-20-15/h1-2,5-10,16-17,22-23H,3-4,11-12H2,(H,21,24). The number of carbonyl (C=O) groups excluding carboxylic acids is 1. The van der Waals surface area contributed by atoms with Gasteiger partial charge in [-0.15, -0.1) is 0 Å². The van der Waals surface area contributed by atoms with Crippen LogP contribution in [-0.4, -0.2) is 23.5 Å². The Morgan fingerprint density at radius 3 is 2.79 bits per heavy atom. The summed E-state index contributed by atoms with van der Waals surface area (Å²) >= 11 is 0. The molecule has 0 saturated carbocycles. The largest absolute Gasteiger partial charge is 0.355 e.